The number of ether oxygens (including phenoxy) is 1. The summed E-state index contributed by atoms with van der Waals surface area (Å²) in [5.74, 6) is -0.118. The van der Waals surface area contributed by atoms with E-state index in [2.05, 4.69) is 0 Å². The molecule has 0 amide bonds. The van der Waals surface area contributed by atoms with Crippen molar-refractivity contribution in [2.45, 2.75) is 13.2 Å². The topological polar surface area (TPSA) is 34.4 Å². The number of aliphatic hydroxyl groups is 1. The lowest BCUT2D eigenvalue weighted by Crippen LogP contribution is -2.05. The predicted molar refractivity (Wildman–Crippen MR) is 62.4 cm³/mol. The van der Waals surface area contributed by atoms with Crippen LogP contribution in [0.15, 0.2) is 36.5 Å². The van der Waals surface area contributed by atoms with Crippen LogP contribution in [0.2, 0.25) is 0 Å². The number of rotatable bonds is 4. The number of aromatic nitrogens is 1. The summed E-state index contributed by atoms with van der Waals surface area (Å²) >= 11 is 0. The summed E-state index contributed by atoms with van der Waals surface area (Å²) in [6.07, 6.45) is 1.81. The van der Waals surface area contributed by atoms with Gasteiger partial charge in [-0.2, -0.15) is 0 Å². The predicted octanol–water partition coefficient (Wildman–Crippen LogP) is 2.18. The maximum atomic E-state index is 13.9. The Balaban J connectivity index is 2.30. The molecule has 1 N–H and O–H groups in total. The molecule has 1 aromatic heterocycles. The second kappa shape index (κ2) is 5.01. The lowest BCUT2D eigenvalue weighted by Gasteiger charge is -2.10. The first kappa shape index (κ1) is 11.7. The highest BCUT2D eigenvalue weighted by atomic mass is 19.1. The van der Waals surface area contributed by atoms with Gasteiger partial charge in [-0.15, -0.1) is 0 Å². The van der Waals surface area contributed by atoms with Crippen LogP contribution in [0, 0.1) is 5.82 Å². The van der Waals surface area contributed by atoms with Crippen LogP contribution in [-0.4, -0.2) is 16.8 Å². The van der Waals surface area contributed by atoms with Gasteiger partial charge in [-0.1, -0.05) is 12.1 Å². The van der Waals surface area contributed by atoms with Crippen LogP contribution in [-0.2, 0) is 13.2 Å². The molecule has 90 valence electrons. The second-order valence-corrected chi connectivity index (χ2v) is 3.72. The van der Waals surface area contributed by atoms with E-state index in [4.69, 9.17) is 9.84 Å². The summed E-state index contributed by atoms with van der Waals surface area (Å²) in [5, 5.41) is 9.12. The van der Waals surface area contributed by atoms with Crippen molar-refractivity contribution in [1.82, 2.24) is 4.57 Å². The maximum Gasteiger partial charge on any atom is 0.170 e. The van der Waals surface area contributed by atoms with Crippen molar-refractivity contribution in [2.75, 3.05) is 7.11 Å². The van der Waals surface area contributed by atoms with Crippen molar-refractivity contribution < 1.29 is 14.2 Å². The van der Waals surface area contributed by atoms with E-state index >= 15 is 0 Å². The molecule has 0 aliphatic carbocycles. The Hall–Kier alpha value is -1.81. The molecule has 0 saturated carbocycles. The van der Waals surface area contributed by atoms with E-state index in [-0.39, 0.29) is 18.2 Å². The highest BCUT2D eigenvalue weighted by Gasteiger charge is 2.09. The monoisotopic (exact) mass is 235 g/mol. The van der Waals surface area contributed by atoms with Gasteiger partial charge in [-0.3, -0.25) is 0 Å². The first-order chi connectivity index (χ1) is 8.26. The minimum atomic E-state index is -0.354. The Labute approximate surface area is 99.1 Å². The quantitative estimate of drug-likeness (QED) is 0.881. The molecule has 0 fully saturated rings. The summed E-state index contributed by atoms with van der Waals surface area (Å²) in [5.41, 5.74) is 1.29. The summed E-state index contributed by atoms with van der Waals surface area (Å²) in [6, 6.07) is 8.67. The minimum absolute atomic E-state index is 0.0570. The smallest absolute Gasteiger partial charge is 0.170 e. The molecule has 0 spiro atoms. The van der Waals surface area contributed by atoms with Crippen LogP contribution < -0.4 is 4.74 Å². The lowest BCUT2D eigenvalue weighted by atomic mass is 10.2. The SMILES string of the molecule is COc1cccc(Cn2cccc2CO)c1F. The van der Waals surface area contributed by atoms with Gasteiger partial charge in [-0.05, 0) is 18.2 Å². The highest BCUT2D eigenvalue weighted by molar-refractivity contribution is 5.31. The van der Waals surface area contributed by atoms with E-state index in [9.17, 15) is 4.39 Å². The molecule has 0 aliphatic rings. The largest absolute Gasteiger partial charge is 0.494 e. The zero-order chi connectivity index (χ0) is 12.3. The number of hydrogen-bond acceptors (Lipinski definition) is 2. The van der Waals surface area contributed by atoms with Crippen molar-refractivity contribution in [2.24, 2.45) is 0 Å². The summed E-state index contributed by atoms with van der Waals surface area (Å²) in [6.45, 7) is 0.324. The fourth-order valence-corrected chi connectivity index (χ4v) is 1.77. The van der Waals surface area contributed by atoms with Crippen LogP contribution in [0.25, 0.3) is 0 Å². The zero-order valence-corrected chi connectivity index (χ0v) is 9.56. The van der Waals surface area contributed by atoms with Gasteiger partial charge >= 0.3 is 0 Å². The Morgan fingerprint density at radius 2 is 2.12 bits per heavy atom. The van der Waals surface area contributed by atoms with Crippen LogP contribution in [0.4, 0.5) is 4.39 Å². The zero-order valence-electron chi connectivity index (χ0n) is 9.56. The molecule has 2 rings (SSSR count). The fraction of sp³-hybridized carbons (Fsp3) is 0.231. The molecule has 0 saturated heterocycles. The van der Waals surface area contributed by atoms with Gasteiger partial charge in [0.1, 0.15) is 0 Å². The number of benzene rings is 1. The van der Waals surface area contributed by atoms with Crippen LogP contribution >= 0.6 is 0 Å². The fourth-order valence-electron chi connectivity index (χ4n) is 1.77. The van der Waals surface area contributed by atoms with Gasteiger partial charge in [0.2, 0.25) is 0 Å². The number of aliphatic hydroxyl groups excluding tert-OH is 1. The summed E-state index contributed by atoms with van der Waals surface area (Å²) in [7, 11) is 1.44. The molecule has 4 heteroatoms. The van der Waals surface area contributed by atoms with Crippen molar-refractivity contribution in [3.63, 3.8) is 0 Å². The van der Waals surface area contributed by atoms with Gasteiger partial charge < -0.3 is 14.4 Å². The molecule has 1 aromatic carbocycles. The van der Waals surface area contributed by atoms with E-state index in [1.54, 1.807) is 28.8 Å². The molecule has 0 bridgehead atoms. The molecular weight excluding hydrogens is 221 g/mol. The van der Waals surface area contributed by atoms with Crippen LogP contribution in [0.5, 0.6) is 5.75 Å². The number of halogens is 1. The normalized spacial score (nSPS) is 10.5. The van der Waals surface area contributed by atoms with Gasteiger partial charge in [0.05, 0.1) is 20.3 Å². The van der Waals surface area contributed by atoms with E-state index in [0.717, 1.165) is 5.69 Å². The van der Waals surface area contributed by atoms with Gasteiger partial charge in [-0.25, -0.2) is 4.39 Å². The molecule has 0 atom stereocenters. The van der Waals surface area contributed by atoms with Crippen molar-refractivity contribution in [1.29, 1.82) is 0 Å². The van der Waals surface area contributed by atoms with E-state index in [1.165, 1.54) is 7.11 Å². The molecule has 0 radical (unpaired) electrons. The number of hydrogen-bond donors (Lipinski definition) is 1. The first-order valence-corrected chi connectivity index (χ1v) is 5.32. The Morgan fingerprint density at radius 1 is 1.29 bits per heavy atom. The Bertz CT molecular complexity index is 508. The average molecular weight is 235 g/mol. The molecule has 17 heavy (non-hydrogen) atoms. The Morgan fingerprint density at radius 3 is 2.82 bits per heavy atom. The Kier molecular flexibility index (Phi) is 3.44. The molecule has 2 aromatic rings. The van der Waals surface area contributed by atoms with Gasteiger partial charge in [0.15, 0.2) is 11.6 Å². The molecule has 1 heterocycles. The van der Waals surface area contributed by atoms with Crippen molar-refractivity contribution >= 4 is 0 Å². The summed E-state index contributed by atoms with van der Waals surface area (Å²) in [4.78, 5) is 0. The number of methoxy groups -OCH3 is 1. The average Bonchev–Trinajstić information content (AvgIpc) is 2.79. The standard InChI is InChI=1S/C13H14FNO2/c1-17-12-6-2-4-10(13(12)14)8-15-7-3-5-11(15)9-16/h2-7,16H,8-9H2,1H3. The van der Waals surface area contributed by atoms with E-state index in [0.29, 0.717) is 12.1 Å². The van der Waals surface area contributed by atoms with E-state index in [1.807, 2.05) is 12.3 Å². The minimum Gasteiger partial charge on any atom is -0.494 e. The van der Waals surface area contributed by atoms with Crippen molar-refractivity contribution in [3.05, 3.63) is 53.6 Å². The highest BCUT2D eigenvalue weighted by Crippen LogP contribution is 2.21. The molecule has 0 unspecified atom stereocenters. The third-order valence-corrected chi connectivity index (χ3v) is 2.69. The summed E-state index contributed by atoms with van der Waals surface area (Å²) < 4.78 is 20.6. The van der Waals surface area contributed by atoms with Crippen LogP contribution in [0.3, 0.4) is 0 Å². The lowest BCUT2D eigenvalue weighted by molar-refractivity contribution is 0.271. The second-order valence-electron chi connectivity index (χ2n) is 3.72. The maximum absolute atomic E-state index is 13.9. The molecule has 3 nitrogen and oxygen atoms in total. The molecule has 0 aliphatic heterocycles. The third-order valence-electron chi connectivity index (χ3n) is 2.69. The van der Waals surface area contributed by atoms with Gasteiger partial charge in [0, 0.05) is 17.5 Å². The molecular formula is C13H14FNO2. The number of nitrogens with zero attached hydrogens (tertiary/aromatic N) is 1. The van der Waals surface area contributed by atoms with Crippen molar-refractivity contribution in [3.8, 4) is 5.75 Å². The van der Waals surface area contributed by atoms with E-state index < -0.39 is 0 Å². The van der Waals surface area contributed by atoms with Gasteiger partial charge in [0.25, 0.3) is 0 Å². The first-order valence-electron chi connectivity index (χ1n) is 5.32. The third kappa shape index (κ3) is 2.31. The van der Waals surface area contributed by atoms with Crippen LogP contribution in [0.1, 0.15) is 11.3 Å².